The minimum atomic E-state index is 0.125. The first-order valence-electron chi connectivity index (χ1n) is 6.46. The molecule has 16 heavy (non-hydrogen) atoms. The predicted octanol–water partition coefficient (Wildman–Crippen LogP) is 1.75. The number of likely N-dealkylation sites (tertiary alicyclic amines) is 1. The van der Waals surface area contributed by atoms with E-state index in [1.807, 2.05) is 11.8 Å². The van der Waals surface area contributed by atoms with E-state index in [1.54, 1.807) is 0 Å². The van der Waals surface area contributed by atoms with Crippen LogP contribution >= 0.6 is 0 Å². The van der Waals surface area contributed by atoms with Crippen molar-refractivity contribution in [1.29, 1.82) is 0 Å². The highest BCUT2D eigenvalue weighted by Crippen LogP contribution is 2.23. The van der Waals surface area contributed by atoms with Crippen LogP contribution in [-0.2, 0) is 4.74 Å². The molecule has 2 fully saturated rings. The quantitative estimate of drug-likeness (QED) is 0.796. The number of hydrogen-bond donors (Lipinski definition) is 1. The highest BCUT2D eigenvalue weighted by molar-refractivity contribution is 5.74. The molecule has 1 heterocycles. The number of nitrogens with zero attached hydrogens (tertiary/aromatic N) is 1. The van der Waals surface area contributed by atoms with E-state index in [2.05, 4.69) is 5.32 Å². The van der Waals surface area contributed by atoms with Gasteiger partial charge in [-0.2, -0.15) is 0 Å². The lowest BCUT2D eigenvalue weighted by molar-refractivity contribution is -0.00819. The Balaban J connectivity index is 1.64. The van der Waals surface area contributed by atoms with Crippen molar-refractivity contribution in [2.45, 2.75) is 51.2 Å². The first-order chi connectivity index (χ1) is 7.79. The van der Waals surface area contributed by atoms with Crippen LogP contribution in [0.4, 0.5) is 4.79 Å². The van der Waals surface area contributed by atoms with E-state index >= 15 is 0 Å². The van der Waals surface area contributed by atoms with Crippen molar-refractivity contribution < 1.29 is 9.53 Å². The fourth-order valence-corrected chi connectivity index (χ4v) is 2.42. The normalized spacial score (nSPS) is 29.7. The minimum Gasteiger partial charge on any atom is -0.378 e. The van der Waals surface area contributed by atoms with E-state index in [-0.39, 0.29) is 6.03 Å². The fraction of sp³-hybridized carbons (Fsp3) is 0.917. The molecule has 0 bridgehead atoms. The minimum absolute atomic E-state index is 0.125. The Bertz CT molecular complexity index is 233. The third-order valence-corrected chi connectivity index (χ3v) is 3.47. The number of piperidine rings is 1. The monoisotopic (exact) mass is 226 g/mol. The predicted molar refractivity (Wildman–Crippen MR) is 62.4 cm³/mol. The molecule has 0 spiro atoms. The molecule has 0 atom stereocenters. The zero-order chi connectivity index (χ0) is 11.4. The molecule has 4 heteroatoms. The van der Waals surface area contributed by atoms with E-state index < -0.39 is 0 Å². The molecule has 1 saturated heterocycles. The van der Waals surface area contributed by atoms with E-state index in [0.717, 1.165) is 45.4 Å². The molecule has 1 aliphatic carbocycles. The molecular weight excluding hydrogens is 204 g/mol. The topological polar surface area (TPSA) is 41.6 Å². The number of carbonyl (C=O) groups is 1. The first-order valence-corrected chi connectivity index (χ1v) is 6.46. The molecule has 2 aliphatic rings. The van der Waals surface area contributed by atoms with Crippen LogP contribution in [0.5, 0.6) is 0 Å². The summed E-state index contributed by atoms with van der Waals surface area (Å²) in [6.45, 7) is 4.64. The van der Waals surface area contributed by atoms with Crippen molar-refractivity contribution in [3.63, 3.8) is 0 Å². The second kappa shape index (κ2) is 5.53. The lowest BCUT2D eigenvalue weighted by atomic mass is 9.89. The van der Waals surface area contributed by atoms with Gasteiger partial charge in [-0.15, -0.1) is 0 Å². The Morgan fingerprint density at radius 2 is 2.00 bits per heavy atom. The third kappa shape index (κ3) is 2.88. The average molecular weight is 226 g/mol. The summed E-state index contributed by atoms with van der Waals surface area (Å²) in [6, 6.07) is 0.464. The summed E-state index contributed by atoms with van der Waals surface area (Å²) in [4.78, 5) is 13.8. The van der Waals surface area contributed by atoms with Crippen molar-refractivity contribution in [1.82, 2.24) is 10.2 Å². The molecule has 0 aromatic heterocycles. The molecule has 0 aromatic rings. The SMILES string of the molecule is CCOC1CC(NC(=O)N2CCCCC2)C1. The first kappa shape index (κ1) is 11.7. The second-order valence-electron chi connectivity index (χ2n) is 4.74. The van der Waals surface area contributed by atoms with Gasteiger partial charge in [-0.1, -0.05) is 0 Å². The van der Waals surface area contributed by atoms with Crippen molar-refractivity contribution in [2.75, 3.05) is 19.7 Å². The maximum atomic E-state index is 11.8. The second-order valence-corrected chi connectivity index (χ2v) is 4.74. The Morgan fingerprint density at radius 1 is 1.31 bits per heavy atom. The number of amides is 2. The van der Waals surface area contributed by atoms with Crippen LogP contribution in [0.25, 0.3) is 0 Å². The van der Waals surface area contributed by atoms with Crippen molar-refractivity contribution in [3.05, 3.63) is 0 Å². The maximum Gasteiger partial charge on any atom is 0.317 e. The zero-order valence-electron chi connectivity index (χ0n) is 10.1. The van der Waals surface area contributed by atoms with Gasteiger partial charge in [0, 0.05) is 25.7 Å². The summed E-state index contributed by atoms with van der Waals surface area (Å²) in [6.07, 6.45) is 5.90. The Labute approximate surface area is 97.3 Å². The van der Waals surface area contributed by atoms with Gasteiger partial charge in [0.1, 0.15) is 0 Å². The lowest BCUT2D eigenvalue weighted by Crippen LogP contribution is -2.52. The standard InChI is InChI=1S/C12H22N2O2/c1-2-16-11-8-10(9-11)13-12(15)14-6-4-3-5-7-14/h10-11H,2-9H2,1H3,(H,13,15). The van der Waals surface area contributed by atoms with Crippen molar-refractivity contribution in [2.24, 2.45) is 0 Å². The Kier molecular flexibility index (Phi) is 4.04. The van der Waals surface area contributed by atoms with Gasteiger partial charge in [0.2, 0.25) is 0 Å². The highest BCUT2D eigenvalue weighted by atomic mass is 16.5. The molecule has 0 unspecified atom stereocenters. The molecular formula is C12H22N2O2. The Morgan fingerprint density at radius 3 is 2.62 bits per heavy atom. The fourth-order valence-electron chi connectivity index (χ4n) is 2.42. The van der Waals surface area contributed by atoms with E-state index in [1.165, 1.54) is 6.42 Å². The zero-order valence-corrected chi connectivity index (χ0v) is 10.1. The molecule has 4 nitrogen and oxygen atoms in total. The number of carbonyl (C=O) groups excluding carboxylic acids is 1. The van der Waals surface area contributed by atoms with Gasteiger partial charge in [0.25, 0.3) is 0 Å². The number of hydrogen-bond acceptors (Lipinski definition) is 2. The van der Waals surface area contributed by atoms with Crippen LogP contribution in [0.3, 0.4) is 0 Å². The van der Waals surface area contributed by atoms with Crippen LogP contribution in [0.15, 0.2) is 0 Å². The number of ether oxygens (including phenoxy) is 1. The lowest BCUT2D eigenvalue weighted by Gasteiger charge is -2.37. The molecule has 1 N–H and O–H groups in total. The van der Waals surface area contributed by atoms with Gasteiger partial charge in [-0.3, -0.25) is 0 Å². The van der Waals surface area contributed by atoms with Gasteiger partial charge >= 0.3 is 6.03 Å². The molecule has 0 radical (unpaired) electrons. The number of rotatable bonds is 3. The summed E-state index contributed by atoms with van der Waals surface area (Å²) in [5.41, 5.74) is 0. The molecule has 1 saturated carbocycles. The van der Waals surface area contributed by atoms with E-state index in [4.69, 9.17) is 4.74 Å². The van der Waals surface area contributed by atoms with Gasteiger partial charge < -0.3 is 15.0 Å². The van der Waals surface area contributed by atoms with Gasteiger partial charge in [0.05, 0.1) is 6.10 Å². The van der Waals surface area contributed by atoms with Crippen molar-refractivity contribution >= 4 is 6.03 Å². The van der Waals surface area contributed by atoms with E-state index in [9.17, 15) is 4.79 Å². The van der Waals surface area contributed by atoms with Gasteiger partial charge in [-0.05, 0) is 39.0 Å². The summed E-state index contributed by atoms with van der Waals surface area (Å²) in [5.74, 6) is 0. The molecule has 2 amide bonds. The van der Waals surface area contributed by atoms with Crippen LogP contribution in [0.2, 0.25) is 0 Å². The number of nitrogens with one attached hydrogen (secondary N) is 1. The summed E-state index contributed by atoms with van der Waals surface area (Å²) < 4.78 is 5.47. The molecule has 1 aliphatic heterocycles. The van der Waals surface area contributed by atoms with Gasteiger partial charge in [0.15, 0.2) is 0 Å². The van der Waals surface area contributed by atoms with Crippen molar-refractivity contribution in [3.8, 4) is 0 Å². The van der Waals surface area contributed by atoms with Gasteiger partial charge in [-0.25, -0.2) is 4.79 Å². The van der Waals surface area contributed by atoms with Crippen LogP contribution in [0, 0.1) is 0 Å². The largest absolute Gasteiger partial charge is 0.378 e. The molecule has 92 valence electrons. The maximum absolute atomic E-state index is 11.8. The summed E-state index contributed by atoms with van der Waals surface area (Å²) >= 11 is 0. The van der Waals surface area contributed by atoms with Crippen LogP contribution in [-0.4, -0.2) is 42.8 Å². The summed E-state index contributed by atoms with van der Waals surface area (Å²) in [5, 5.41) is 3.08. The molecule has 2 rings (SSSR count). The Hall–Kier alpha value is -0.770. The van der Waals surface area contributed by atoms with E-state index in [0.29, 0.717) is 12.1 Å². The highest BCUT2D eigenvalue weighted by Gasteiger charge is 2.31. The van der Waals surface area contributed by atoms with Crippen LogP contribution in [0.1, 0.15) is 39.0 Å². The number of urea groups is 1. The summed E-state index contributed by atoms with van der Waals surface area (Å²) in [7, 11) is 0. The molecule has 0 aromatic carbocycles. The smallest absolute Gasteiger partial charge is 0.317 e. The van der Waals surface area contributed by atoms with Crippen LogP contribution < -0.4 is 5.32 Å². The average Bonchev–Trinajstić information content (AvgIpc) is 2.27. The third-order valence-electron chi connectivity index (χ3n) is 3.47.